The van der Waals surface area contributed by atoms with Crippen LogP contribution in [0.3, 0.4) is 0 Å². The number of hydrogen-bond donors (Lipinski definition) is 0. The summed E-state index contributed by atoms with van der Waals surface area (Å²) in [6.07, 6.45) is 1.29. The molecule has 0 saturated carbocycles. The minimum atomic E-state index is 0.380. The van der Waals surface area contributed by atoms with Crippen LogP contribution in [0.1, 0.15) is 13.3 Å². The second-order valence-electron chi connectivity index (χ2n) is 1.19. The van der Waals surface area contributed by atoms with Crippen molar-refractivity contribution in [3.05, 3.63) is 0 Å². The molecule has 0 bridgehead atoms. The molecule has 0 N–H and O–H groups in total. The third-order valence-corrected chi connectivity index (χ3v) is 2.72. The SMILES string of the molecule is CCC[SiH]O[SiH3]. The smallest absolute Gasteiger partial charge is 0.177 e. The van der Waals surface area contributed by atoms with Gasteiger partial charge in [-0.1, -0.05) is 13.3 Å². The van der Waals surface area contributed by atoms with Gasteiger partial charge in [0.05, 0.1) is 0 Å². The molecule has 0 aliphatic carbocycles. The lowest BCUT2D eigenvalue weighted by atomic mass is 10.6. The number of hydrogen-bond acceptors (Lipinski definition) is 1. The predicted molar refractivity (Wildman–Crippen MR) is 33.3 cm³/mol. The molecule has 0 aromatic heterocycles. The highest BCUT2D eigenvalue weighted by molar-refractivity contribution is 6.34. The first-order valence-electron chi connectivity index (χ1n) is 2.26. The minimum Gasteiger partial charge on any atom is -0.466 e. The van der Waals surface area contributed by atoms with Crippen molar-refractivity contribution in [3.63, 3.8) is 0 Å². The average Bonchev–Trinajstić information content (AvgIpc) is 1.61. The zero-order valence-electron chi connectivity index (χ0n) is 4.40. The zero-order chi connectivity index (χ0) is 4.83. The fraction of sp³-hybridized carbons (Fsp3) is 1.00. The van der Waals surface area contributed by atoms with Crippen molar-refractivity contribution >= 4 is 20.2 Å². The topological polar surface area (TPSA) is 9.23 Å². The summed E-state index contributed by atoms with van der Waals surface area (Å²) >= 11 is 0. The van der Waals surface area contributed by atoms with Crippen molar-refractivity contribution in [3.8, 4) is 0 Å². The van der Waals surface area contributed by atoms with Gasteiger partial charge in [-0.25, -0.2) is 0 Å². The van der Waals surface area contributed by atoms with E-state index < -0.39 is 0 Å². The van der Waals surface area contributed by atoms with Crippen LogP contribution in [0.15, 0.2) is 0 Å². The highest BCUT2D eigenvalue weighted by atomic mass is 28.3. The Labute approximate surface area is 44.6 Å². The van der Waals surface area contributed by atoms with Gasteiger partial charge in [-0.3, -0.25) is 0 Å². The van der Waals surface area contributed by atoms with Gasteiger partial charge in [0, 0.05) is 0 Å². The molecule has 0 aliphatic heterocycles. The molecule has 0 rings (SSSR count). The molecule has 37 valence electrons. The Kier molecular flexibility index (Phi) is 5.75. The Balaban J connectivity index is 2.34. The van der Waals surface area contributed by atoms with E-state index in [9.17, 15) is 0 Å². The largest absolute Gasteiger partial charge is 0.466 e. The minimum absolute atomic E-state index is 0.380. The second-order valence-corrected chi connectivity index (χ2v) is 3.99. The summed E-state index contributed by atoms with van der Waals surface area (Å²) < 4.78 is 5.00. The van der Waals surface area contributed by atoms with E-state index in [4.69, 9.17) is 4.12 Å². The van der Waals surface area contributed by atoms with Gasteiger partial charge in [0.2, 0.25) is 0 Å². The molecule has 6 heavy (non-hydrogen) atoms. The lowest BCUT2D eigenvalue weighted by Crippen LogP contribution is -1.90. The van der Waals surface area contributed by atoms with Gasteiger partial charge in [-0.15, -0.1) is 0 Å². The molecule has 0 aliphatic rings. The maximum absolute atomic E-state index is 5.00. The molecule has 0 aromatic carbocycles. The van der Waals surface area contributed by atoms with Crippen molar-refractivity contribution in [2.45, 2.75) is 19.4 Å². The van der Waals surface area contributed by atoms with Crippen LogP contribution in [0, 0.1) is 0 Å². The van der Waals surface area contributed by atoms with Crippen molar-refractivity contribution < 1.29 is 4.12 Å². The fourth-order valence-electron chi connectivity index (χ4n) is 0.236. The first kappa shape index (κ1) is 6.39. The molecule has 1 nitrogen and oxygen atoms in total. The quantitative estimate of drug-likeness (QED) is 0.358. The Bertz CT molecular complexity index is 20.8. The standard InChI is InChI=1S/C3H11OSi2/c1-2-3-6-4-5/h6H,2-3H2,1,5H3. The van der Waals surface area contributed by atoms with Crippen molar-refractivity contribution in [2.24, 2.45) is 0 Å². The summed E-state index contributed by atoms with van der Waals surface area (Å²) in [5.74, 6) is 0. The van der Waals surface area contributed by atoms with Crippen LogP contribution in [-0.2, 0) is 4.12 Å². The molecular weight excluding hydrogens is 108 g/mol. The van der Waals surface area contributed by atoms with Gasteiger partial charge in [-0.05, 0) is 6.04 Å². The van der Waals surface area contributed by atoms with Crippen molar-refractivity contribution in [2.75, 3.05) is 0 Å². The van der Waals surface area contributed by atoms with Gasteiger partial charge in [0.1, 0.15) is 10.5 Å². The molecule has 0 heterocycles. The molecule has 0 saturated heterocycles. The van der Waals surface area contributed by atoms with E-state index in [0.29, 0.717) is 9.76 Å². The highest BCUT2D eigenvalue weighted by Crippen LogP contribution is 1.82. The van der Waals surface area contributed by atoms with Crippen LogP contribution in [0.2, 0.25) is 6.04 Å². The summed E-state index contributed by atoms with van der Waals surface area (Å²) in [5, 5.41) is 0. The maximum atomic E-state index is 5.00. The van der Waals surface area contributed by atoms with Gasteiger partial charge in [-0.2, -0.15) is 0 Å². The van der Waals surface area contributed by atoms with Gasteiger partial charge in [0.15, 0.2) is 9.76 Å². The average molecular weight is 119 g/mol. The molecule has 0 spiro atoms. The molecule has 0 fully saturated rings. The van der Waals surface area contributed by atoms with E-state index in [1.807, 2.05) is 0 Å². The molecule has 0 atom stereocenters. The third kappa shape index (κ3) is 4.39. The van der Waals surface area contributed by atoms with Crippen LogP contribution in [-0.4, -0.2) is 20.2 Å². The third-order valence-electron chi connectivity index (χ3n) is 0.573. The summed E-state index contributed by atoms with van der Waals surface area (Å²) in [4.78, 5) is 0. The first-order chi connectivity index (χ1) is 2.91. The molecule has 1 radical (unpaired) electrons. The summed E-state index contributed by atoms with van der Waals surface area (Å²) in [6, 6.07) is 1.31. The lowest BCUT2D eigenvalue weighted by molar-refractivity contribution is 0.657. The van der Waals surface area contributed by atoms with Crippen LogP contribution in [0.25, 0.3) is 0 Å². The Morgan fingerprint density at radius 3 is 2.67 bits per heavy atom. The van der Waals surface area contributed by atoms with Gasteiger partial charge < -0.3 is 4.12 Å². The van der Waals surface area contributed by atoms with E-state index in [2.05, 4.69) is 6.92 Å². The van der Waals surface area contributed by atoms with E-state index in [1.54, 1.807) is 0 Å². The van der Waals surface area contributed by atoms with E-state index in [0.717, 1.165) is 10.5 Å². The first-order valence-corrected chi connectivity index (χ1v) is 4.36. The van der Waals surface area contributed by atoms with Gasteiger partial charge in [0.25, 0.3) is 0 Å². The van der Waals surface area contributed by atoms with Crippen molar-refractivity contribution in [1.82, 2.24) is 0 Å². The molecule has 0 aromatic rings. The van der Waals surface area contributed by atoms with Gasteiger partial charge >= 0.3 is 0 Å². The molecule has 0 unspecified atom stereocenters. The molecular formula is C3H11OSi2. The van der Waals surface area contributed by atoms with Crippen molar-refractivity contribution in [1.29, 1.82) is 0 Å². The molecule has 0 amide bonds. The van der Waals surface area contributed by atoms with Crippen LogP contribution < -0.4 is 0 Å². The fourth-order valence-corrected chi connectivity index (χ4v) is 1.41. The predicted octanol–water partition coefficient (Wildman–Crippen LogP) is -0.537. The monoisotopic (exact) mass is 119 g/mol. The van der Waals surface area contributed by atoms with E-state index >= 15 is 0 Å². The normalized spacial score (nSPS) is 9.50. The Morgan fingerprint density at radius 2 is 2.50 bits per heavy atom. The van der Waals surface area contributed by atoms with Crippen LogP contribution >= 0.6 is 0 Å². The lowest BCUT2D eigenvalue weighted by Gasteiger charge is -1.87. The Morgan fingerprint density at radius 1 is 1.83 bits per heavy atom. The second kappa shape index (κ2) is 5.39. The number of rotatable bonds is 3. The summed E-state index contributed by atoms with van der Waals surface area (Å²) in [7, 11) is 1.32. The van der Waals surface area contributed by atoms with Crippen LogP contribution in [0.4, 0.5) is 0 Å². The maximum Gasteiger partial charge on any atom is 0.177 e. The Hall–Kier alpha value is 0.394. The highest BCUT2D eigenvalue weighted by Gasteiger charge is 1.77. The summed E-state index contributed by atoms with van der Waals surface area (Å²) in [6.45, 7) is 2.19. The van der Waals surface area contributed by atoms with E-state index in [-0.39, 0.29) is 0 Å². The van der Waals surface area contributed by atoms with E-state index in [1.165, 1.54) is 12.5 Å². The van der Waals surface area contributed by atoms with Crippen LogP contribution in [0.5, 0.6) is 0 Å². The zero-order valence-corrected chi connectivity index (χ0v) is 7.55. The molecule has 3 heteroatoms. The summed E-state index contributed by atoms with van der Waals surface area (Å²) in [5.41, 5.74) is 0.